The highest BCUT2D eigenvalue weighted by Crippen LogP contribution is 2.39. The summed E-state index contributed by atoms with van der Waals surface area (Å²) in [5.41, 5.74) is -1.05. The van der Waals surface area contributed by atoms with E-state index in [4.69, 9.17) is 21.1 Å². The molecule has 0 unspecified atom stereocenters. The molecule has 0 aromatic heterocycles. The zero-order valence-corrected chi connectivity index (χ0v) is 18.9. The quantitative estimate of drug-likeness (QED) is 0.250. The molecule has 0 aliphatic rings. The van der Waals surface area contributed by atoms with Crippen LogP contribution in [-0.2, 0) is 9.47 Å². The molecule has 0 bridgehead atoms. The standard InChI is InChI=1S/C20H18ClF5N2O4S/c1-31-10-27(16-7-6-12(8-13(16)21)33-20(25,26)9-22)19(30)28(11-32-2)18(29)17-14(23)4-3-5-15(17)24/h3-8H,9-11H2,1-2H3. The van der Waals surface area contributed by atoms with E-state index in [2.05, 4.69) is 0 Å². The summed E-state index contributed by atoms with van der Waals surface area (Å²) in [4.78, 5) is 27.1. The van der Waals surface area contributed by atoms with Crippen molar-refractivity contribution >= 4 is 41.0 Å². The minimum absolute atomic E-state index is 0.0701. The number of methoxy groups -OCH3 is 2. The fourth-order valence-electron chi connectivity index (χ4n) is 2.64. The van der Waals surface area contributed by atoms with Gasteiger partial charge in [0.05, 0.1) is 10.7 Å². The van der Waals surface area contributed by atoms with E-state index < -0.39 is 54.5 Å². The van der Waals surface area contributed by atoms with E-state index in [1.54, 1.807) is 0 Å². The summed E-state index contributed by atoms with van der Waals surface area (Å²) in [6.07, 6.45) is 0. The van der Waals surface area contributed by atoms with Crippen LogP contribution in [0.1, 0.15) is 10.4 Å². The molecule has 2 aromatic carbocycles. The van der Waals surface area contributed by atoms with Crippen molar-refractivity contribution in [2.45, 2.75) is 10.2 Å². The highest BCUT2D eigenvalue weighted by atomic mass is 35.5. The van der Waals surface area contributed by atoms with Crippen molar-refractivity contribution in [3.05, 3.63) is 58.6 Å². The summed E-state index contributed by atoms with van der Waals surface area (Å²) in [5, 5.41) is -3.89. The summed E-state index contributed by atoms with van der Waals surface area (Å²) in [6.45, 7) is -3.05. The Kier molecular flexibility index (Phi) is 9.46. The lowest BCUT2D eigenvalue weighted by Gasteiger charge is -2.29. The van der Waals surface area contributed by atoms with Crippen LogP contribution in [0.2, 0.25) is 5.02 Å². The fraction of sp³-hybridized carbons (Fsp3) is 0.300. The van der Waals surface area contributed by atoms with Gasteiger partial charge in [0.1, 0.15) is 30.7 Å². The first kappa shape index (κ1) is 26.8. The van der Waals surface area contributed by atoms with Crippen molar-refractivity contribution in [2.24, 2.45) is 0 Å². The van der Waals surface area contributed by atoms with Crippen LogP contribution in [0.25, 0.3) is 0 Å². The lowest BCUT2D eigenvalue weighted by Crippen LogP contribution is -2.48. The summed E-state index contributed by atoms with van der Waals surface area (Å²) in [7, 11) is 2.37. The molecule has 0 fully saturated rings. The van der Waals surface area contributed by atoms with Crippen molar-refractivity contribution in [2.75, 3.05) is 39.3 Å². The molecule has 33 heavy (non-hydrogen) atoms. The molecule has 0 aliphatic carbocycles. The first-order valence-electron chi connectivity index (χ1n) is 9.04. The second kappa shape index (κ2) is 11.6. The third-order valence-electron chi connectivity index (χ3n) is 4.03. The summed E-state index contributed by atoms with van der Waals surface area (Å²) >= 11 is 6.08. The SMILES string of the molecule is COCN(C(=O)c1c(F)cccc1F)C(=O)N(COC)c1ccc(SC(F)(F)CF)cc1Cl. The highest BCUT2D eigenvalue weighted by Gasteiger charge is 2.34. The van der Waals surface area contributed by atoms with Crippen LogP contribution in [-0.4, -0.2) is 56.4 Å². The fourth-order valence-corrected chi connectivity index (χ4v) is 3.70. The van der Waals surface area contributed by atoms with Gasteiger partial charge in [-0.15, -0.1) is 0 Å². The molecule has 0 aliphatic heterocycles. The van der Waals surface area contributed by atoms with Crippen LogP contribution in [0.4, 0.5) is 32.4 Å². The summed E-state index contributed by atoms with van der Waals surface area (Å²) in [6, 6.07) is 5.02. The van der Waals surface area contributed by atoms with Gasteiger partial charge in [-0.1, -0.05) is 17.7 Å². The first-order chi connectivity index (χ1) is 15.6. The van der Waals surface area contributed by atoms with Gasteiger partial charge in [0, 0.05) is 19.1 Å². The number of ether oxygens (including phenoxy) is 2. The maximum absolute atomic E-state index is 14.1. The molecule has 0 N–H and O–H groups in total. The van der Waals surface area contributed by atoms with E-state index in [1.165, 1.54) is 13.2 Å². The van der Waals surface area contributed by atoms with Gasteiger partial charge in [-0.2, -0.15) is 8.78 Å². The van der Waals surface area contributed by atoms with Crippen molar-refractivity contribution in [3.63, 3.8) is 0 Å². The first-order valence-corrected chi connectivity index (χ1v) is 10.2. The van der Waals surface area contributed by atoms with Crippen LogP contribution >= 0.6 is 23.4 Å². The maximum Gasteiger partial charge on any atom is 0.335 e. The largest absolute Gasteiger partial charge is 0.364 e. The molecule has 0 atom stereocenters. The minimum Gasteiger partial charge on any atom is -0.364 e. The molecule has 0 radical (unpaired) electrons. The van der Waals surface area contributed by atoms with E-state index in [1.807, 2.05) is 0 Å². The second-order valence-corrected chi connectivity index (χ2v) is 8.04. The Morgan fingerprint density at radius 2 is 1.67 bits per heavy atom. The molecule has 0 heterocycles. The van der Waals surface area contributed by atoms with E-state index in [-0.39, 0.29) is 27.4 Å². The molecule has 13 heteroatoms. The predicted octanol–water partition coefficient (Wildman–Crippen LogP) is 5.55. The van der Waals surface area contributed by atoms with Gasteiger partial charge in [-0.3, -0.25) is 9.69 Å². The number of halogens is 6. The maximum atomic E-state index is 14.1. The monoisotopic (exact) mass is 512 g/mol. The third kappa shape index (κ3) is 6.56. The lowest BCUT2D eigenvalue weighted by molar-refractivity contribution is 0.0525. The number of rotatable bonds is 9. The number of urea groups is 1. The number of carbonyl (C=O) groups is 2. The van der Waals surface area contributed by atoms with Gasteiger partial charge >= 0.3 is 11.3 Å². The number of thioether (sulfide) groups is 1. The zero-order chi connectivity index (χ0) is 24.8. The molecule has 0 saturated carbocycles. The number of hydrogen-bond donors (Lipinski definition) is 0. The molecular weight excluding hydrogens is 495 g/mol. The summed E-state index contributed by atoms with van der Waals surface area (Å²) < 4.78 is 77.1. The zero-order valence-electron chi connectivity index (χ0n) is 17.3. The van der Waals surface area contributed by atoms with Gasteiger partial charge in [0.15, 0.2) is 6.67 Å². The van der Waals surface area contributed by atoms with Gasteiger partial charge in [0.2, 0.25) is 0 Å². The smallest absolute Gasteiger partial charge is 0.335 e. The Morgan fingerprint density at radius 3 is 2.18 bits per heavy atom. The van der Waals surface area contributed by atoms with Gasteiger partial charge in [0.25, 0.3) is 5.91 Å². The molecule has 2 aromatic rings. The molecule has 6 nitrogen and oxygen atoms in total. The summed E-state index contributed by atoms with van der Waals surface area (Å²) in [5.74, 6) is -3.72. The van der Waals surface area contributed by atoms with Crippen LogP contribution in [0.15, 0.2) is 41.3 Å². The van der Waals surface area contributed by atoms with Crippen molar-refractivity contribution in [1.82, 2.24) is 4.90 Å². The number of hydrogen-bond acceptors (Lipinski definition) is 5. The van der Waals surface area contributed by atoms with Gasteiger partial charge in [-0.05, 0) is 42.1 Å². The Balaban J connectivity index is 2.43. The lowest BCUT2D eigenvalue weighted by atomic mass is 10.1. The van der Waals surface area contributed by atoms with Crippen LogP contribution in [0.5, 0.6) is 0 Å². The van der Waals surface area contributed by atoms with Crippen LogP contribution < -0.4 is 4.90 Å². The number of imide groups is 1. The predicted molar refractivity (Wildman–Crippen MR) is 112 cm³/mol. The van der Waals surface area contributed by atoms with Crippen molar-refractivity contribution in [3.8, 4) is 0 Å². The Bertz CT molecular complexity index is 994. The molecule has 2 rings (SSSR count). The Morgan fingerprint density at radius 1 is 1.06 bits per heavy atom. The number of alkyl halides is 3. The molecule has 0 saturated heterocycles. The number of carbonyl (C=O) groups excluding carboxylic acids is 2. The van der Waals surface area contributed by atoms with E-state index >= 15 is 0 Å². The molecular formula is C20H18ClF5N2O4S. The highest BCUT2D eigenvalue weighted by molar-refractivity contribution is 8.00. The topological polar surface area (TPSA) is 59.1 Å². The average Bonchev–Trinajstić information content (AvgIpc) is 2.75. The van der Waals surface area contributed by atoms with Crippen LogP contribution in [0.3, 0.4) is 0 Å². The number of benzene rings is 2. The second-order valence-electron chi connectivity index (χ2n) is 6.36. The van der Waals surface area contributed by atoms with Crippen molar-refractivity contribution in [1.29, 1.82) is 0 Å². The van der Waals surface area contributed by atoms with E-state index in [0.29, 0.717) is 4.90 Å². The van der Waals surface area contributed by atoms with E-state index in [0.717, 1.165) is 42.3 Å². The van der Waals surface area contributed by atoms with Gasteiger partial charge in [-0.25, -0.2) is 22.9 Å². The van der Waals surface area contributed by atoms with Crippen LogP contribution in [0, 0.1) is 11.6 Å². The normalized spacial score (nSPS) is 11.4. The number of amides is 3. The molecule has 180 valence electrons. The Hall–Kier alpha value is -2.41. The Labute approximate surface area is 195 Å². The van der Waals surface area contributed by atoms with Crippen molar-refractivity contribution < 1.29 is 41.0 Å². The number of nitrogens with zero attached hydrogens (tertiary/aromatic N) is 2. The minimum atomic E-state index is -3.68. The van der Waals surface area contributed by atoms with Gasteiger partial charge < -0.3 is 9.47 Å². The molecule has 3 amide bonds. The number of anilines is 1. The molecule has 0 spiro atoms. The average molecular weight is 513 g/mol. The van der Waals surface area contributed by atoms with E-state index in [9.17, 15) is 31.5 Å². The third-order valence-corrected chi connectivity index (χ3v) is 5.23.